The Morgan fingerprint density at radius 1 is 1.10 bits per heavy atom. The van der Waals surface area contributed by atoms with Crippen molar-refractivity contribution in [3.05, 3.63) is 72.1 Å². The molecule has 2 heterocycles. The Balaban J connectivity index is 1.55. The lowest BCUT2D eigenvalue weighted by Gasteiger charge is -2.32. The molecule has 7 nitrogen and oxygen atoms in total. The monoisotopic (exact) mass is 418 g/mol. The van der Waals surface area contributed by atoms with Crippen LogP contribution in [0.1, 0.15) is 43.1 Å². The fourth-order valence-electron chi connectivity index (χ4n) is 3.57. The first-order chi connectivity index (χ1) is 14.8. The lowest BCUT2D eigenvalue weighted by atomic mass is 10.0. The lowest BCUT2D eigenvalue weighted by Crippen LogP contribution is -2.39. The van der Waals surface area contributed by atoms with Crippen LogP contribution >= 0.6 is 0 Å². The van der Waals surface area contributed by atoms with Crippen molar-refractivity contribution in [3.8, 4) is 5.69 Å². The summed E-state index contributed by atoms with van der Waals surface area (Å²) >= 11 is 0. The molecule has 3 aromatic rings. The number of ether oxygens (including phenoxy) is 1. The summed E-state index contributed by atoms with van der Waals surface area (Å²) in [5.41, 5.74) is 3.23. The van der Waals surface area contributed by atoms with Gasteiger partial charge < -0.3 is 10.1 Å². The van der Waals surface area contributed by atoms with Crippen LogP contribution in [0.4, 0.5) is 16.2 Å². The lowest BCUT2D eigenvalue weighted by molar-refractivity contribution is 0.0577. The molecule has 1 N–H and O–H groups in total. The molecule has 0 fully saturated rings. The van der Waals surface area contributed by atoms with Gasteiger partial charge in [-0.2, -0.15) is 5.10 Å². The number of hydrogen-bond donors (Lipinski definition) is 1. The van der Waals surface area contributed by atoms with Crippen LogP contribution in [0.15, 0.2) is 60.9 Å². The number of aryl methyl sites for hydroxylation is 1. The van der Waals surface area contributed by atoms with Gasteiger partial charge in [-0.3, -0.25) is 9.69 Å². The molecule has 1 aliphatic heterocycles. The highest BCUT2D eigenvalue weighted by atomic mass is 16.6. The molecule has 0 atom stereocenters. The summed E-state index contributed by atoms with van der Waals surface area (Å²) in [7, 11) is 0. The van der Waals surface area contributed by atoms with Crippen molar-refractivity contribution < 1.29 is 14.3 Å². The van der Waals surface area contributed by atoms with Crippen molar-refractivity contribution in [1.29, 1.82) is 0 Å². The van der Waals surface area contributed by atoms with E-state index in [4.69, 9.17) is 4.74 Å². The average Bonchev–Trinajstić information content (AvgIpc) is 3.27. The molecular weight excluding hydrogens is 392 g/mol. The van der Waals surface area contributed by atoms with E-state index in [0.717, 1.165) is 29.8 Å². The highest BCUT2D eigenvalue weighted by molar-refractivity contribution is 6.05. The number of rotatable bonds is 3. The summed E-state index contributed by atoms with van der Waals surface area (Å²) in [5, 5.41) is 7.15. The number of anilines is 2. The molecule has 0 saturated heterocycles. The van der Waals surface area contributed by atoms with E-state index in [1.54, 1.807) is 27.9 Å². The second kappa shape index (κ2) is 8.26. The maximum absolute atomic E-state index is 12.9. The number of fused-ring (bicyclic) bond motifs is 1. The molecule has 31 heavy (non-hydrogen) atoms. The Morgan fingerprint density at radius 2 is 1.94 bits per heavy atom. The number of nitrogens with zero attached hydrogens (tertiary/aromatic N) is 3. The van der Waals surface area contributed by atoms with Gasteiger partial charge in [0.05, 0.1) is 11.4 Å². The standard InChI is InChI=1S/C24H26N4O3/c1-24(2,3)31-23(30)27-13-5-8-17-10-11-19(16-21(17)27)26-22(29)18-7-4-9-20(15-18)28-14-6-12-25-28/h4,6-7,9-12,14-16H,5,8,13H2,1-3H3,(H,26,29). The molecule has 7 heteroatoms. The summed E-state index contributed by atoms with van der Waals surface area (Å²) in [4.78, 5) is 27.2. The van der Waals surface area contributed by atoms with Crippen LogP contribution in [0.3, 0.4) is 0 Å². The molecule has 2 aromatic carbocycles. The van der Waals surface area contributed by atoms with Gasteiger partial charge in [-0.1, -0.05) is 12.1 Å². The number of carbonyl (C=O) groups is 2. The first kappa shape index (κ1) is 20.7. The highest BCUT2D eigenvalue weighted by Gasteiger charge is 2.27. The smallest absolute Gasteiger partial charge is 0.414 e. The second-order valence-electron chi connectivity index (χ2n) is 8.53. The molecule has 0 saturated carbocycles. The number of aromatic nitrogens is 2. The highest BCUT2D eigenvalue weighted by Crippen LogP contribution is 2.31. The van der Waals surface area contributed by atoms with Gasteiger partial charge in [-0.15, -0.1) is 0 Å². The number of amides is 2. The third-order valence-corrected chi connectivity index (χ3v) is 4.95. The van der Waals surface area contributed by atoms with Crippen molar-refractivity contribution in [1.82, 2.24) is 9.78 Å². The van der Waals surface area contributed by atoms with Gasteiger partial charge in [0.15, 0.2) is 0 Å². The van der Waals surface area contributed by atoms with Crippen molar-refractivity contribution in [2.45, 2.75) is 39.2 Å². The molecule has 0 bridgehead atoms. The predicted octanol–water partition coefficient (Wildman–Crippen LogP) is 4.81. The first-order valence-electron chi connectivity index (χ1n) is 10.3. The fourth-order valence-corrected chi connectivity index (χ4v) is 3.57. The van der Waals surface area contributed by atoms with E-state index >= 15 is 0 Å². The van der Waals surface area contributed by atoms with E-state index in [-0.39, 0.29) is 12.0 Å². The van der Waals surface area contributed by atoms with E-state index in [2.05, 4.69) is 10.4 Å². The average molecular weight is 418 g/mol. The maximum atomic E-state index is 12.9. The SMILES string of the molecule is CC(C)(C)OC(=O)N1CCCc2ccc(NC(=O)c3cccc(-n4cccn4)c3)cc21. The van der Waals surface area contributed by atoms with Crippen LogP contribution in [0.25, 0.3) is 5.69 Å². The molecule has 0 spiro atoms. The first-order valence-corrected chi connectivity index (χ1v) is 10.3. The van der Waals surface area contributed by atoms with Crippen molar-refractivity contribution in [2.24, 2.45) is 0 Å². The molecule has 0 radical (unpaired) electrons. The Bertz CT molecular complexity index is 1100. The summed E-state index contributed by atoms with van der Waals surface area (Å²) < 4.78 is 7.27. The fraction of sp³-hybridized carbons (Fsp3) is 0.292. The summed E-state index contributed by atoms with van der Waals surface area (Å²) in [6, 6.07) is 14.8. The van der Waals surface area contributed by atoms with Gasteiger partial charge in [0.25, 0.3) is 5.91 Å². The molecule has 4 rings (SSSR count). The minimum absolute atomic E-state index is 0.228. The Morgan fingerprint density at radius 3 is 2.68 bits per heavy atom. The van der Waals surface area contributed by atoms with Gasteiger partial charge in [0.2, 0.25) is 0 Å². The van der Waals surface area contributed by atoms with Gasteiger partial charge in [-0.05, 0) is 75.6 Å². The number of carbonyl (C=O) groups excluding carboxylic acids is 2. The Labute approximate surface area is 181 Å². The van der Waals surface area contributed by atoms with E-state index in [0.29, 0.717) is 17.8 Å². The molecule has 2 amide bonds. The topological polar surface area (TPSA) is 76.5 Å². The van der Waals surface area contributed by atoms with E-state index < -0.39 is 5.60 Å². The third-order valence-electron chi connectivity index (χ3n) is 4.95. The largest absolute Gasteiger partial charge is 0.443 e. The summed E-state index contributed by atoms with van der Waals surface area (Å²) in [5.74, 6) is -0.228. The number of nitrogens with one attached hydrogen (secondary N) is 1. The molecule has 1 aliphatic rings. The Hall–Kier alpha value is -3.61. The van der Waals surface area contributed by atoms with Crippen molar-refractivity contribution in [3.63, 3.8) is 0 Å². The minimum Gasteiger partial charge on any atom is -0.443 e. The van der Waals surface area contributed by atoms with E-state index in [9.17, 15) is 9.59 Å². The summed E-state index contributed by atoms with van der Waals surface area (Å²) in [6.45, 7) is 6.14. The zero-order valence-corrected chi connectivity index (χ0v) is 18.0. The van der Waals surface area contributed by atoms with Crippen molar-refractivity contribution in [2.75, 3.05) is 16.8 Å². The number of benzene rings is 2. The van der Waals surface area contributed by atoms with E-state index in [1.165, 1.54) is 0 Å². The third kappa shape index (κ3) is 4.77. The van der Waals surface area contributed by atoms with Crippen LogP contribution in [-0.4, -0.2) is 33.9 Å². The molecule has 0 aliphatic carbocycles. The van der Waals surface area contributed by atoms with Gasteiger partial charge in [0.1, 0.15) is 5.60 Å². The predicted molar refractivity (Wildman–Crippen MR) is 120 cm³/mol. The quantitative estimate of drug-likeness (QED) is 0.662. The molecule has 0 unspecified atom stereocenters. The molecule has 1 aromatic heterocycles. The number of hydrogen-bond acceptors (Lipinski definition) is 4. The zero-order chi connectivity index (χ0) is 22.0. The summed E-state index contributed by atoms with van der Waals surface area (Å²) in [6.07, 6.45) is 4.90. The minimum atomic E-state index is -0.569. The van der Waals surface area contributed by atoms with Crippen molar-refractivity contribution >= 4 is 23.4 Å². The van der Waals surface area contributed by atoms with Gasteiger partial charge in [-0.25, -0.2) is 9.48 Å². The zero-order valence-electron chi connectivity index (χ0n) is 18.0. The van der Waals surface area contributed by atoms with Crippen LogP contribution in [0.5, 0.6) is 0 Å². The molecular formula is C24H26N4O3. The normalized spacial score (nSPS) is 13.5. The maximum Gasteiger partial charge on any atom is 0.414 e. The van der Waals surface area contributed by atoms with E-state index in [1.807, 2.05) is 63.4 Å². The van der Waals surface area contributed by atoms with Crippen LogP contribution in [0, 0.1) is 0 Å². The molecule has 160 valence electrons. The van der Waals surface area contributed by atoms with Gasteiger partial charge >= 0.3 is 6.09 Å². The van der Waals surface area contributed by atoms with Crippen LogP contribution in [0.2, 0.25) is 0 Å². The second-order valence-corrected chi connectivity index (χ2v) is 8.53. The van der Waals surface area contributed by atoms with Gasteiger partial charge in [0, 0.05) is 30.2 Å². The Kier molecular flexibility index (Phi) is 5.50. The van der Waals surface area contributed by atoms with Crippen LogP contribution in [-0.2, 0) is 11.2 Å². The van der Waals surface area contributed by atoms with Crippen LogP contribution < -0.4 is 10.2 Å².